The molecule has 1 atom stereocenters. The van der Waals surface area contributed by atoms with Crippen LogP contribution in [0.25, 0.3) is 0 Å². The van der Waals surface area contributed by atoms with E-state index in [-0.39, 0.29) is 11.5 Å². The molecule has 1 amide bonds. The number of amides is 1. The van der Waals surface area contributed by atoms with Gasteiger partial charge in [0.1, 0.15) is 0 Å². The maximum Gasteiger partial charge on any atom is 0.416 e. The summed E-state index contributed by atoms with van der Waals surface area (Å²) in [6.07, 6.45) is -3.48. The van der Waals surface area contributed by atoms with Gasteiger partial charge in [0.05, 0.1) is 12.2 Å². The number of carbonyl (C=O) groups is 1. The number of benzene rings is 1. The van der Waals surface area contributed by atoms with Gasteiger partial charge >= 0.3 is 6.18 Å². The van der Waals surface area contributed by atoms with Crippen molar-refractivity contribution < 1.29 is 22.7 Å². The lowest BCUT2D eigenvalue weighted by molar-refractivity contribution is -0.137. The summed E-state index contributed by atoms with van der Waals surface area (Å²) in [4.78, 5) is 11.7. The Labute approximate surface area is 108 Å². The lowest BCUT2D eigenvalue weighted by atomic mass is 10.1. The molecule has 0 spiro atoms. The van der Waals surface area contributed by atoms with Crippen molar-refractivity contribution in [3.05, 3.63) is 35.4 Å². The van der Waals surface area contributed by atoms with Crippen molar-refractivity contribution >= 4 is 5.91 Å². The van der Waals surface area contributed by atoms with Gasteiger partial charge in [-0.05, 0) is 30.7 Å². The van der Waals surface area contributed by atoms with Crippen LogP contribution in [0, 0.1) is 5.92 Å². The number of halogens is 3. The second kappa shape index (κ2) is 5.61. The number of hydrogen-bond acceptors (Lipinski definition) is 2. The summed E-state index contributed by atoms with van der Waals surface area (Å²) < 4.78 is 42.2. The van der Waals surface area contributed by atoms with Crippen LogP contribution < -0.4 is 5.32 Å². The first-order valence-electron chi connectivity index (χ1n) is 6.00. The Morgan fingerprint density at radius 3 is 2.53 bits per heavy atom. The van der Waals surface area contributed by atoms with Gasteiger partial charge < -0.3 is 10.1 Å². The van der Waals surface area contributed by atoms with E-state index in [0.717, 1.165) is 18.6 Å². The van der Waals surface area contributed by atoms with Crippen LogP contribution in [0.4, 0.5) is 13.2 Å². The fraction of sp³-hybridized carbons (Fsp3) is 0.462. The van der Waals surface area contributed by atoms with Crippen molar-refractivity contribution in [3.63, 3.8) is 0 Å². The topological polar surface area (TPSA) is 38.3 Å². The first-order chi connectivity index (χ1) is 8.97. The smallest absolute Gasteiger partial charge is 0.381 e. The summed E-state index contributed by atoms with van der Waals surface area (Å²) >= 11 is 0. The minimum Gasteiger partial charge on any atom is -0.381 e. The number of carbonyl (C=O) groups excluding carboxylic acids is 1. The molecule has 2 rings (SSSR count). The van der Waals surface area contributed by atoms with E-state index in [1.165, 1.54) is 12.1 Å². The SMILES string of the molecule is O=C(NC[C@H]1CCOC1)c1ccc(C(F)(F)F)cc1. The van der Waals surface area contributed by atoms with Gasteiger partial charge in [-0.2, -0.15) is 13.2 Å². The molecule has 6 heteroatoms. The number of nitrogens with one attached hydrogen (secondary N) is 1. The van der Waals surface area contributed by atoms with Gasteiger partial charge in [-0.3, -0.25) is 4.79 Å². The molecule has 1 aromatic carbocycles. The Balaban J connectivity index is 1.92. The largest absolute Gasteiger partial charge is 0.416 e. The van der Waals surface area contributed by atoms with Crippen LogP contribution >= 0.6 is 0 Å². The van der Waals surface area contributed by atoms with Crippen molar-refractivity contribution in [2.75, 3.05) is 19.8 Å². The van der Waals surface area contributed by atoms with Crippen molar-refractivity contribution in [1.82, 2.24) is 5.32 Å². The van der Waals surface area contributed by atoms with Gasteiger partial charge in [-0.25, -0.2) is 0 Å². The average molecular weight is 273 g/mol. The molecule has 1 aromatic rings. The Bertz CT molecular complexity index is 436. The molecule has 0 bridgehead atoms. The van der Waals surface area contributed by atoms with Gasteiger partial charge in [0.15, 0.2) is 0 Å². The van der Waals surface area contributed by atoms with Crippen LogP contribution in [-0.4, -0.2) is 25.7 Å². The van der Waals surface area contributed by atoms with Crippen molar-refractivity contribution in [2.24, 2.45) is 5.92 Å². The molecule has 3 nitrogen and oxygen atoms in total. The van der Waals surface area contributed by atoms with Crippen LogP contribution in [-0.2, 0) is 10.9 Å². The summed E-state index contributed by atoms with van der Waals surface area (Å²) in [5, 5.41) is 2.70. The van der Waals surface area contributed by atoms with Crippen LogP contribution in [0.3, 0.4) is 0 Å². The predicted octanol–water partition coefficient (Wildman–Crippen LogP) is 2.47. The summed E-state index contributed by atoms with van der Waals surface area (Å²) in [6.45, 7) is 1.80. The van der Waals surface area contributed by atoms with Crippen molar-refractivity contribution in [2.45, 2.75) is 12.6 Å². The lowest BCUT2D eigenvalue weighted by Gasteiger charge is -2.10. The molecule has 0 radical (unpaired) electrons. The number of hydrogen-bond donors (Lipinski definition) is 1. The van der Waals surface area contributed by atoms with Crippen LogP contribution in [0.15, 0.2) is 24.3 Å². The van der Waals surface area contributed by atoms with Crippen LogP contribution in [0.1, 0.15) is 22.3 Å². The van der Waals surface area contributed by atoms with Gasteiger partial charge in [0.2, 0.25) is 0 Å². The molecule has 1 N–H and O–H groups in total. The van der Waals surface area contributed by atoms with E-state index < -0.39 is 11.7 Å². The molecule has 0 unspecified atom stereocenters. The molecular weight excluding hydrogens is 259 g/mol. The molecule has 1 saturated heterocycles. The third-order valence-corrected chi connectivity index (χ3v) is 3.05. The summed E-state index contributed by atoms with van der Waals surface area (Å²) in [6, 6.07) is 4.19. The van der Waals surface area contributed by atoms with E-state index >= 15 is 0 Å². The fourth-order valence-corrected chi connectivity index (χ4v) is 1.89. The quantitative estimate of drug-likeness (QED) is 0.918. The number of rotatable bonds is 3. The zero-order valence-electron chi connectivity index (χ0n) is 10.2. The summed E-state index contributed by atoms with van der Waals surface area (Å²) in [5.41, 5.74) is -0.528. The highest BCUT2D eigenvalue weighted by atomic mass is 19.4. The Morgan fingerprint density at radius 2 is 2.00 bits per heavy atom. The lowest BCUT2D eigenvalue weighted by Crippen LogP contribution is -2.29. The fourth-order valence-electron chi connectivity index (χ4n) is 1.89. The highest BCUT2D eigenvalue weighted by Gasteiger charge is 2.30. The summed E-state index contributed by atoms with van der Waals surface area (Å²) in [5.74, 6) is -0.0703. The van der Waals surface area contributed by atoms with Gasteiger partial charge in [0, 0.05) is 24.6 Å². The third kappa shape index (κ3) is 3.70. The molecular formula is C13H14F3NO2. The van der Waals surface area contributed by atoms with E-state index in [1.807, 2.05) is 0 Å². The minimum absolute atomic E-state index is 0.229. The molecule has 104 valence electrons. The Hall–Kier alpha value is -1.56. The Kier molecular flexibility index (Phi) is 4.09. The van der Waals surface area contributed by atoms with Gasteiger partial charge in [-0.1, -0.05) is 0 Å². The van der Waals surface area contributed by atoms with E-state index in [2.05, 4.69) is 5.32 Å². The van der Waals surface area contributed by atoms with Crippen LogP contribution in [0.2, 0.25) is 0 Å². The molecule has 1 aliphatic rings. The number of ether oxygens (including phenoxy) is 1. The van der Waals surface area contributed by atoms with E-state index in [9.17, 15) is 18.0 Å². The molecule has 19 heavy (non-hydrogen) atoms. The average Bonchev–Trinajstić information content (AvgIpc) is 2.88. The maximum absolute atomic E-state index is 12.4. The normalized spacial score (nSPS) is 19.4. The highest BCUT2D eigenvalue weighted by molar-refractivity contribution is 5.94. The monoisotopic (exact) mass is 273 g/mol. The second-order valence-electron chi connectivity index (χ2n) is 4.51. The molecule has 1 aliphatic heterocycles. The molecule has 1 fully saturated rings. The highest BCUT2D eigenvalue weighted by Crippen LogP contribution is 2.29. The van der Waals surface area contributed by atoms with Gasteiger partial charge in [0.25, 0.3) is 5.91 Å². The molecule has 0 aromatic heterocycles. The third-order valence-electron chi connectivity index (χ3n) is 3.05. The second-order valence-corrected chi connectivity index (χ2v) is 4.51. The minimum atomic E-state index is -4.38. The summed E-state index contributed by atoms with van der Waals surface area (Å²) in [7, 11) is 0. The first kappa shape index (κ1) is 13.9. The van der Waals surface area contributed by atoms with Gasteiger partial charge in [-0.15, -0.1) is 0 Å². The maximum atomic E-state index is 12.4. The van der Waals surface area contributed by atoms with E-state index in [4.69, 9.17) is 4.74 Å². The zero-order chi connectivity index (χ0) is 13.9. The standard InChI is InChI=1S/C13H14F3NO2/c14-13(15,16)11-3-1-10(2-4-11)12(18)17-7-9-5-6-19-8-9/h1-4,9H,5-8H2,(H,17,18)/t9-/m1/s1. The van der Waals surface area contributed by atoms with Crippen LogP contribution in [0.5, 0.6) is 0 Å². The zero-order valence-corrected chi connectivity index (χ0v) is 10.2. The molecule has 0 saturated carbocycles. The van der Waals surface area contributed by atoms with Crippen molar-refractivity contribution in [1.29, 1.82) is 0 Å². The Morgan fingerprint density at radius 1 is 1.32 bits per heavy atom. The number of alkyl halides is 3. The predicted molar refractivity (Wildman–Crippen MR) is 62.7 cm³/mol. The van der Waals surface area contributed by atoms with E-state index in [0.29, 0.717) is 25.7 Å². The molecule has 0 aliphatic carbocycles. The molecule has 1 heterocycles. The van der Waals surface area contributed by atoms with E-state index in [1.54, 1.807) is 0 Å². The van der Waals surface area contributed by atoms with Crippen molar-refractivity contribution in [3.8, 4) is 0 Å². The first-order valence-corrected chi connectivity index (χ1v) is 6.00.